The third kappa shape index (κ3) is 2.11. The molecule has 0 bridgehead atoms. The maximum Gasteiger partial charge on any atom is 0.129 e. The predicted octanol–water partition coefficient (Wildman–Crippen LogP) is 1.11. The molecule has 2 rings (SSSR count). The van der Waals surface area contributed by atoms with Gasteiger partial charge < -0.3 is 15.5 Å². The van der Waals surface area contributed by atoms with Gasteiger partial charge in [0, 0.05) is 19.1 Å². The van der Waals surface area contributed by atoms with Gasteiger partial charge in [-0.1, -0.05) is 0 Å². The van der Waals surface area contributed by atoms with Crippen LogP contribution in [0.25, 0.3) is 0 Å². The Morgan fingerprint density at radius 2 is 2.19 bits per heavy atom. The molecule has 16 heavy (non-hydrogen) atoms. The van der Waals surface area contributed by atoms with Crippen molar-refractivity contribution in [1.29, 1.82) is 0 Å². The minimum Gasteiger partial charge on any atom is -0.397 e. The van der Waals surface area contributed by atoms with Gasteiger partial charge in [-0.05, 0) is 39.6 Å². The summed E-state index contributed by atoms with van der Waals surface area (Å²) in [6, 6.07) is 4.60. The number of aryl methyl sites for hydroxylation is 1. The fourth-order valence-corrected chi connectivity index (χ4v) is 2.11. The van der Waals surface area contributed by atoms with Crippen LogP contribution >= 0.6 is 0 Å². The SMILES string of the molecule is Cc1nc(N2CC[C@H](N(C)C)C2)ccc1N. The summed E-state index contributed by atoms with van der Waals surface area (Å²) in [5.74, 6) is 1.05. The molecule has 2 N–H and O–H groups in total. The minimum atomic E-state index is 0.639. The van der Waals surface area contributed by atoms with Gasteiger partial charge in [0.1, 0.15) is 5.82 Å². The number of hydrogen-bond acceptors (Lipinski definition) is 4. The van der Waals surface area contributed by atoms with Gasteiger partial charge in [0.15, 0.2) is 0 Å². The molecule has 0 amide bonds. The van der Waals surface area contributed by atoms with Crippen molar-refractivity contribution < 1.29 is 0 Å². The van der Waals surface area contributed by atoms with E-state index in [2.05, 4.69) is 28.9 Å². The van der Waals surface area contributed by atoms with Crippen molar-refractivity contribution in [3.05, 3.63) is 17.8 Å². The average Bonchev–Trinajstić information content (AvgIpc) is 2.71. The van der Waals surface area contributed by atoms with Crippen molar-refractivity contribution in [2.75, 3.05) is 37.8 Å². The first kappa shape index (κ1) is 11.2. The zero-order valence-electron chi connectivity index (χ0n) is 10.3. The summed E-state index contributed by atoms with van der Waals surface area (Å²) >= 11 is 0. The second-order valence-electron chi connectivity index (χ2n) is 4.70. The van der Waals surface area contributed by atoms with Gasteiger partial charge >= 0.3 is 0 Å². The molecule has 0 unspecified atom stereocenters. The number of likely N-dealkylation sites (N-methyl/N-ethyl adjacent to an activating group) is 1. The highest BCUT2D eigenvalue weighted by Gasteiger charge is 2.24. The highest BCUT2D eigenvalue weighted by atomic mass is 15.3. The van der Waals surface area contributed by atoms with Crippen molar-refractivity contribution in [2.24, 2.45) is 0 Å². The first-order valence-corrected chi connectivity index (χ1v) is 5.72. The third-order valence-electron chi connectivity index (χ3n) is 3.33. The Hall–Kier alpha value is -1.29. The van der Waals surface area contributed by atoms with Crippen LogP contribution in [0.1, 0.15) is 12.1 Å². The molecule has 0 spiro atoms. The maximum absolute atomic E-state index is 5.77. The number of anilines is 2. The van der Waals surface area contributed by atoms with Crippen LogP contribution in [0.4, 0.5) is 11.5 Å². The Labute approximate surface area is 97.1 Å². The van der Waals surface area contributed by atoms with Crippen molar-refractivity contribution in [3.63, 3.8) is 0 Å². The first-order valence-electron chi connectivity index (χ1n) is 5.72. The second-order valence-corrected chi connectivity index (χ2v) is 4.70. The maximum atomic E-state index is 5.77. The number of pyridine rings is 1. The van der Waals surface area contributed by atoms with Crippen molar-refractivity contribution >= 4 is 11.5 Å². The number of nitrogen functional groups attached to an aromatic ring is 1. The molecule has 4 heteroatoms. The summed E-state index contributed by atoms with van der Waals surface area (Å²) in [5.41, 5.74) is 7.47. The van der Waals surface area contributed by atoms with E-state index in [0.29, 0.717) is 6.04 Å². The quantitative estimate of drug-likeness (QED) is 0.811. The molecule has 2 heterocycles. The van der Waals surface area contributed by atoms with Crippen LogP contribution in [0.5, 0.6) is 0 Å². The van der Waals surface area contributed by atoms with Crippen LogP contribution in [0.15, 0.2) is 12.1 Å². The van der Waals surface area contributed by atoms with Crippen molar-refractivity contribution in [3.8, 4) is 0 Å². The van der Waals surface area contributed by atoms with Crippen LogP contribution in [0, 0.1) is 6.92 Å². The molecule has 1 aliphatic heterocycles. The number of nitrogens with zero attached hydrogens (tertiary/aromatic N) is 3. The van der Waals surface area contributed by atoms with Gasteiger partial charge in [-0.15, -0.1) is 0 Å². The number of hydrogen-bond donors (Lipinski definition) is 1. The predicted molar refractivity (Wildman–Crippen MR) is 67.7 cm³/mol. The zero-order chi connectivity index (χ0) is 11.7. The molecular weight excluding hydrogens is 200 g/mol. The molecule has 4 nitrogen and oxygen atoms in total. The van der Waals surface area contributed by atoms with E-state index in [-0.39, 0.29) is 0 Å². The van der Waals surface area contributed by atoms with Gasteiger partial charge in [0.25, 0.3) is 0 Å². The largest absolute Gasteiger partial charge is 0.397 e. The lowest BCUT2D eigenvalue weighted by atomic mass is 10.2. The lowest BCUT2D eigenvalue weighted by Gasteiger charge is -2.21. The summed E-state index contributed by atoms with van der Waals surface area (Å²) in [6.45, 7) is 4.10. The average molecular weight is 220 g/mol. The Morgan fingerprint density at radius 1 is 1.44 bits per heavy atom. The summed E-state index contributed by atoms with van der Waals surface area (Å²) in [7, 11) is 4.27. The van der Waals surface area contributed by atoms with Gasteiger partial charge in [-0.25, -0.2) is 4.98 Å². The first-order chi connectivity index (χ1) is 7.58. The minimum absolute atomic E-state index is 0.639. The standard InChI is InChI=1S/C12H20N4/c1-9-11(13)4-5-12(14-9)16-7-6-10(8-16)15(2)3/h4-5,10H,6-8,13H2,1-3H3/t10-/m0/s1. The molecule has 1 aromatic heterocycles. The van der Waals surface area contributed by atoms with E-state index in [1.165, 1.54) is 6.42 Å². The van der Waals surface area contributed by atoms with Crippen LogP contribution in [-0.2, 0) is 0 Å². The van der Waals surface area contributed by atoms with Crippen LogP contribution in [0.3, 0.4) is 0 Å². The normalized spacial score (nSPS) is 20.8. The number of rotatable bonds is 2. The lowest BCUT2D eigenvalue weighted by molar-refractivity contribution is 0.315. The summed E-state index contributed by atoms with van der Waals surface area (Å²) in [4.78, 5) is 9.14. The van der Waals surface area contributed by atoms with E-state index in [0.717, 1.165) is 30.3 Å². The van der Waals surface area contributed by atoms with Gasteiger partial charge in [-0.2, -0.15) is 0 Å². The lowest BCUT2D eigenvalue weighted by Crippen LogP contribution is -2.31. The number of nitrogens with two attached hydrogens (primary N) is 1. The van der Waals surface area contributed by atoms with E-state index in [1.807, 2.05) is 19.1 Å². The van der Waals surface area contributed by atoms with E-state index >= 15 is 0 Å². The molecule has 1 aromatic rings. The van der Waals surface area contributed by atoms with E-state index in [1.54, 1.807) is 0 Å². The van der Waals surface area contributed by atoms with Gasteiger partial charge in [0.2, 0.25) is 0 Å². The highest BCUT2D eigenvalue weighted by molar-refractivity contribution is 5.51. The molecule has 1 fully saturated rings. The fourth-order valence-electron chi connectivity index (χ4n) is 2.11. The molecular formula is C12H20N4. The number of aromatic nitrogens is 1. The van der Waals surface area contributed by atoms with Gasteiger partial charge in [0.05, 0.1) is 11.4 Å². The Balaban J connectivity index is 2.11. The monoisotopic (exact) mass is 220 g/mol. The smallest absolute Gasteiger partial charge is 0.129 e. The second kappa shape index (κ2) is 4.29. The fraction of sp³-hybridized carbons (Fsp3) is 0.583. The van der Waals surface area contributed by atoms with Crippen molar-refractivity contribution in [1.82, 2.24) is 9.88 Å². The molecule has 88 valence electrons. The van der Waals surface area contributed by atoms with Crippen molar-refractivity contribution in [2.45, 2.75) is 19.4 Å². The van der Waals surface area contributed by atoms with E-state index in [9.17, 15) is 0 Å². The Morgan fingerprint density at radius 3 is 2.75 bits per heavy atom. The molecule has 0 saturated carbocycles. The third-order valence-corrected chi connectivity index (χ3v) is 3.33. The molecule has 0 aliphatic carbocycles. The molecule has 1 atom stereocenters. The van der Waals surface area contributed by atoms with E-state index in [4.69, 9.17) is 5.73 Å². The molecule has 1 aliphatic rings. The molecule has 0 aromatic carbocycles. The summed E-state index contributed by atoms with van der Waals surface area (Å²) in [5, 5.41) is 0. The Kier molecular flexibility index (Phi) is 3.01. The summed E-state index contributed by atoms with van der Waals surface area (Å²) in [6.07, 6.45) is 1.21. The van der Waals surface area contributed by atoms with Crippen LogP contribution in [-0.4, -0.2) is 43.1 Å². The zero-order valence-corrected chi connectivity index (χ0v) is 10.3. The van der Waals surface area contributed by atoms with Crippen LogP contribution < -0.4 is 10.6 Å². The molecule has 0 radical (unpaired) electrons. The topological polar surface area (TPSA) is 45.4 Å². The molecule has 1 saturated heterocycles. The van der Waals surface area contributed by atoms with E-state index < -0.39 is 0 Å². The highest BCUT2D eigenvalue weighted by Crippen LogP contribution is 2.22. The summed E-state index contributed by atoms with van der Waals surface area (Å²) < 4.78 is 0. The van der Waals surface area contributed by atoms with Gasteiger partial charge in [-0.3, -0.25) is 0 Å². The Bertz CT molecular complexity index is 375. The van der Waals surface area contributed by atoms with Crippen LogP contribution in [0.2, 0.25) is 0 Å².